The molecule has 0 fully saturated rings. The van der Waals surface area contributed by atoms with Crippen molar-refractivity contribution >= 4 is 17.1 Å². The first-order valence-electron chi connectivity index (χ1n) is 14.2. The van der Waals surface area contributed by atoms with Gasteiger partial charge >= 0.3 is 0 Å². The highest BCUT2D eigenvalue weighted by Crippen LogP contribution is 2.33. The molecule has 0 bridgehead atoms. The number of amides is 1. The van der Waals surface area contributed by atoms with Crippen molar-refractivity contribution < 1.29 is 15.0 Å². The molecule has 0 spiro atoms. The molecule has 3 heterocycles. The number of aryl methyl sites for hydroxylation is 2. The van der Waals surface area contributed by atoms with Gasteiger partial charge in [-0.15, -0.1) is 0 Å². The number of aliphatic hydroxyl groups is 2. The van der Waals surface area contributed by atoms with Crippen molar-refractivity contribution in [2.24, 2.45) is 0 Å². The molecule has 4 N–H and O–H groups in total. The van der Waals surface area contributed by atoms with Gasteiger partial charge in [0.2, 0.25) is 5.91 Å². The number of nitrogens with zero attached hydrogens (tertiary/aromatic N) is 4. The normalized spacial score (nSPS) is 15.2. The van der Waals surface area contributed by atoms with Crippen LogP contribution in [0.1, 0.15) is 47.4 Å². The van der Waals surface area contributed by atoms with Gasteiger partial charge in [0.25, 0.3) is 0 Å². The average Bonchev–Trinajstić information content (AvgIpc) is 3.37. The van der Waals surface area contributed by atoms with E-state index in [2.05, 4.69) is 40.3 Å². The Kier molecular flexibility index (Phi) is 8.51. The van der Waals surface area contributed by atoms with Crippen molar-refractivity contribution in [3.05, 3.63) is 70.5 Å². The fraction of sp³-hybridized carbons (Fsp3) is 0.406. The zero-order chi connectivity index (χ0) is 29.3. The molecule has 5 rings (SSSR count). The number of nitrogens with one attached hydrogen (secondary N) is 2. The average molecular weight is 557 g/mol. The molecule has 0 aliphatic carbocycles. The Morgan fingerprint density at radius 1 is 1.15 bits per heavy atom. The minimum atomic E-state index is -0.658. The molecule has 2 aromatic carbocycles. The Morgan fingerprint density at radius 3 is 2.66 bits per heavy atom. The monoisotopic (exact) mass is 556 g/mol. The van der Waals surface area contributed by atoms with Gasteiger partial charge in [-0.05, 0) is 86.8 Å². The van der Waals surface area contributed by atoms with Crippen LogP contribution < -0.4 is 5.32 Å². The molecule has 1 amide bonds. The molecule has 9 heteroatoms. The maximum absolute atomic E-state index is 12.2. The third-order valence-corrected chi connectivity index (χ3v) is 7.91. The molecular formula is C32H40N6O3. The number of benzene rings is 2. The van der Waals surface area contributed by atoms with E-state index in [1.165, 1.54) is 16.7 Å². The van der Waals surface area contributed by atoms with Crippen molar-refractivity contribution in [3.8, 4) is 22.4 Å². The maximum atomic E-state index is 12.2. The Bertz CT molecular complexity index is 1560. The lowest BCUT2D eigenvalue weighted by atomic mass is 9.92. The molecule has 41 heavy (non-hydrogen) atoms. The summed E-state index contributed by atoms with van der Waals surface area (Å²) in [5.74, 6) is -0.0359. The largest absolute Gasteiger partial charge is 0.392 e. The van der Waals surface area contributed by atoms with Gasteiger partial charge in [-0.25, -0.2) is 9.97 Å². The van der Waals surface area contributed by atoms with Crippen molar-refractivity contribution in [2.45, 2.75) is 52.5 Å². The summed E-state index contributed by atoms with van der Waals surface area (Å²) < 4.78 is 0. The Labute approximate surface area is 241 Å². The van der Waals surface area contributed by atoms with Crippen LogP contribution >= 0.6 is 0 Å². The predicted molar refractivity (Wildman–Crippen MR) is 161 cm³/mol. The Morgan fingerprint density at radius 2 is 1.93 bits per heavy atom. The molecule has 2 aromatic heterocycles. The van der Waals surface area contributed by atoms with Crippen LogP contribution in [0.25, 0.3) is 33.5 Å². The summed E-state index contributed by atoms with van der Waals surface area (Å²) in [5.41, 5.74) is 11.1. The van der Waals surface area contributed by atoms with Gasteiger partial charge in [-0.1, -0.05) is 18.2 Å². The Balaban J connectivity index is 1.39. The summed E-state index contributed by atoms with van der Waals surface area (Å²) in [6.45, 7) is 8.49. The first kappa shape index (κ1) is 28.9. The van der Waals surface area contributed by atoms with Gasteiger partial charge in [-0.3, -0.25) is 14.6 Å². The van der Waals surface area contributed by atoms with E-state index in [-0.39, 0.29) is 12.5 Å². The fourth-order valence-electron chi connectivity index (χ4n) is 5.59. The first-order valence-corrected chi connectivity index (χ1v) is 14.2. The molecule has 0 radical (unpaired) electrons. The third-order valence-electron chi connectivity index (χ3n) is 7.91. The highest BCUT2D eigenvalue weighted by atomic mass is 16.3. The van der Waals surface area contributed by atoms with E-state index in [1.807, 2.05) is 45.5 Å². The van der Waals surface area contributed by atoms with E-state index in [1.54, 1.807) is 11.8 Å². The predicted octanol–water partition coefficient (Wildman–Crippen LogP) is 3.71. The van der Waals surface area contributed by atoms with E-state index >= 15 is 0 Å². The summed E-state index contributed by atoms with van der Waals surface area (Å²) in [5, 5.41) is 22.7. The van der Waals surface area contributed by atoms with Crippen molar-refractivity contribution in [1.82, 2.24) is 30.1 Å². The SMILES string of the molecule is Cc1cc(-c2c[nH]c3ncc(-c4cc(C)c5c(c4)CN(CCC(=O)NC[C@H](C)O)CC5)nc23)ccc1C(O)N(C)C. The minimum Gasteiger partial charge on any atom is -0.392 e. The second-order valence-electron chi connectivity index (χ2n) is 11.4. The lowest BCUT2D eigenvalue weighted by Crippen LogP contribution is -2.36. The third kappa shape index (κ3) is 6.33. The number of rotatable bonds is 9. The highest BCUT2D eigenvalue weighted by Gasteiger charge is 2.21. The zero-order valence-corrected chi connectivity index (χ0v) is 24.5. The lowest BCUT2D eigenvalue weighted by Gasteiger charge is -2.30. The van der Waals surface area contributed by atoms with E-state index in [0.717, 1.165) is 64.2 Å². The van der Waals surface area contributed by atoms with Gasteiger partial charge in [0.05, 0.1) is 18.0 Å². The van der Waals surface area contributed by atoms with Crippen LogP contribution in [0.4, 0.5) is 0 Å². The quantitative estimate of drug-likeness (QED) is 0.232. The van der Waals surface area contributed by atoms with E-state index in [4.69, 9.17) is 9.97 Å². The number of carbonyl (C=O) groups excluding carboxylic acids is 1. The standard InChI is InChI=1S/C32H40N6O3/c1-19-13-23(14-24-18-38(10-8-25(19)24)11-9-29(40)33-15-21(3)39)28-17-35-31-30(36-28)27(16-34-31)22-6-7-26(20(2)12-22)32(41)37(4)5/h6-7,12-14,16-17,21,32,39,41H,8-11,15,18H2,1-5H3,(H,33,40)(H,34,35)/t21-,32?/m0/s1. The van der Waals surface area contributed by atoms with Crippen LogP contribution in [-0.2, 0) is 17.8 Å². The molecule has 9 nitrogen and oxygen atoms in total. The summed E-state index contributed by atoms with van der Waals surface area (Å²) in [6, 6.07) is 10.5. The van der Waals surface area contributed by atoms with Crippen LogP contribution in [-0.4, -0.2) is 80.7 Å². The second kappa shape index (κ2) is 12.1. The van der Waals surface area contributed by atoms with Crippen molar-refractivity contribution in [1.29, 1.82) is 0 Å². The number of hydrogen-bond donors (Lipinski definition) is 4. The molecule has 0 saturated heterocycles. The maximum Gasteiger partial charge on any atom is 0.221 e. The van der Waals surface area contributed by atoms with Gasteiger partial charge in [-0.2, -0.15) is 0 Å². The Hall–Kier alpha value is -3.63. The summed E-state index contributed by atoms with van der Waals surface area (Å²) in [7, 11) is 3.71. The molecule has 4 aromatic rings. The summed E-state index contributed by atoms with van der Waals surface area (Å²) in [6.07, 6.45) is 3.92. The number of hydrogen-bond acceptors (Lipinski definition) is 7. The summed E-state index contributed by atoms with van der Waals surface area (Å²) >= 11 is 0. The van der Waals surface area contributed by atoms with Crippen LogP contribution in [0.5, 0.6) is 0 Å². The van der Waals surface area contributed by atoms with Crippen LogP contribution in [0, 0.1) is 13.8 Å². The number of carbonyl (C=O) groups is 1. The molecule has 216 valence electrons. The van der Waals surface area contributed by atoms with Crippen molar-refractivity contribution in [2.75, 3.05) is 33.7 Å². The van der Waals surface area contributed by atoms with Gasteiger partial charge < -0.3 is 20.5 Å². The molecular weight excluding hydrogens is 516 g/mol. The number of fused-ring (bicyclic) bond motifs is 2. The molecule has 1 aliphatic rings. The van der Waals surface area contributed by atoms with Gasteiger partial charge in [0.15, 0.2) is 5.65 Å². The fourth-order valence-corrected chi connectivity index (χ4v) is 5.59. The number of H-pyrrole nitrogens is 1. The van der Waals surface area contributed by atoms with Gasteiger partial charge in [0, 0.05) is 49.9 Å². The number of aliphatic hydroxyl groups excluding tert-OH is 2. The minimum absolute atomic E-state index is 0.0359. The van der Waals surface area contributed by atoms with E-state index in [9.17, 15) is 15.0 Å². The topological polar surface area (TPSA) is 118 Å². The smallest absolute Gasteiger partial charge is 0.221 e. The van der Waals surface area contributed by atoms with Crippen LogP contribution in [0.15, 0.2) is 42.7 Å². The van der Waals surface area contributed by atoms with E-state index in [0.29, 0.717) is 13.0 Å². The number of aromatic nitrogens is 3. The van der Waals surface area contributed by atoms with Crippen LogP contribution in [0.2, 0.25) is 0 Å². The van der Waals surface area contributed by atoms with E-state index < -0.39 is 12.3 Å². The molecule has 1 aliphatic heterocycles. The highest BCUT2D eigenvalue weighted by molar-refractivity contribution is 5.91. The summed E-state index contributed by atoms with van der Waals surface area (Å²) in [4.78, 5) is 29.3. The molecule has 2 atom stereocenters. The first-order chi connectivity index (χ1) is 19.6. The second-order valence-corrected chi connectivity index (χ2v) is 11.4. The molecule has 0 saturated carbocycles. The number of aromatic amines is 1. The molecule has 1 unspecified atom stereocenters. The lowest BCUT2D eigenvalue weighted by molar-refractivity contribution is -0.121. The van der Waals surface area contributed by atoms with Crippen molar-refractivity contribution in [3.63, 3.8) is 0 Å². The zero-order valence-electron chi connectivity index (χ0n) is 24.5. The van der Waals surface area contributed by atoms with Crippen LogP contribution in [0.3, 0.4) is 0 Å². The van der Waals surface area contributed by atoms with Gasteiger partial charge in [0.1, 0.15) is 11.7 Å².